The first-order valence-electron chi connectivity index (χ1n) is 6.03. The van der Waals surface area contributed by atoms with Gasteiger partial charge < -0.3 is 19.9 Å². The van der Waals surface area contributed by atoms with Crippen molar-refractivity contribution in [1.82, 2.24) is 5.01 Å². The van der Waals surface area contributed by atoms with E-state index in [-0.39, 0.29) is 11.5 Å². The van der Waals surface area contributed by atoms with Crippen molar-refractivity contribution in [3.05, 3.63) is 41.1 Å². The molecule has 0 saturated carbocycles. The molecule has 0 fully saturated rings. The molecule has 9 nitrogen and oxygen atoms in total. The van der Waals surface area contributed by atoms with Crippen molar-refractivity contribution in [2.75, 3.05) is 19.9 Å². The van der Waals surface area contributed by atoms with Crippen LogP contribution in [0.15, 0.2) is 35.6 Å². The second-order valence-corrected chi connectivity index (χ2v) is 3.75. The highest BCUT2D eigenvalue weighted by atomic mass is 16.8. The van der Waals surface area contributed by atoms with Crippen LogP contribution in [-0.4, -0.2) is 46.9 Å². The van der Waals surface area contributed by atoms with Crippen LogP contribution >= 0.6 is 0 Å². The molecule has 1 aromatic carbocycles. The second-order valence-electron chi connectivity index (χ2n) is 3.75. The van der Waals surface area contributed by atoms with Crippen LogP contribution in [0.4, 0.5) is 0 Å². The third-order valence-corrected chi connectivity index (χ3v) is 2.30. The minimum absolute atomic E-state index is 0.00945. The Balaban J connectivity index is 2.39. The van der Waals surface area contributed by atoms with Crippen LogP contribution in [0.25, 0.3) is 0 Å². The van der Waals surface area contributed by atoms with Crippen LogP contribution in [0, 0.1) is 5.21 Å². The first-order valence-corrected chi connectivity index (χ1v) is 6.03. The quantitative estimate of drug-likeness (QED) is 0.190. The minimum atomic E-state index is -1.18. The summed E-state index contributed by atoms with van der Waals surface area (Å²) >= 11 is 0. The van der Waals surface area contributed by atoms with Gasteiger partial charge in [-0.25, -0.2) is 4.79 Å². The van der Waals surface area contributed by atoms with Crippen LogP contribution in [0.3, 0.4) is 0 Å². The largest absolute Gasteiger partial charge is 0.569 e. The van der Waals surface area contributed by atoms with Gasteiger partial charge >= 0.3 is 11.9 Å². The van der Waals surface area contributed by atoms with Crippen molar-refractivity contribution in [2.24, 2.45) is 5.28 Å². The molecular formula is C12H15N3O6. The third-order valence-electron chi connectivity index (χ3n) is 2.30. The number of hydrogen-bond acceptors (Lipinski definition) is 6. The zero-order valence-corrected chi connectivity index (χ0v) is 11.3. The Kier molecular flexibility index (Phi) is 6.45. The molecule has 9 heteroatoms. The zero-order valence-electron chi connectivity index (χ0n) is 11.3. The molecule has 0 spiro atoms. The molecule has 0 atom stereocenters. The Labute approximate surface area is 120 Å². The number of hydrogen-bond donors (Lipinski definition) is 1. The number of nitrogens with zero attached hydrogens (tertiary/aromatic N) is 3. The lowest BCUT2D eigenvalue weighted by Crippen LogP contribution is -2.35. The number of likely N-dealkylation sites (N-methyl/N-ethyl adjacent to an activating group) is 1. The van der Waals surface area contributed by atoms with E-state index in [1.54, 1.807) is 37.3 Å². The van der Waals surface area contributed by atoms with Gasteiger partial charge in [-0.1, -0.05) is 18.2 Å². The summed E-state index contributed by atoms with van der Waals surface area (Å²) < 4.78 is 4.72. The van der Waals surface area contributed by atoms with Gasteiger partial charge in [-0.3, -0.25) is 4.79 Å². The van der Waals surface area contributed by atoms with Gasteiger partial charge in [-0.05, 0) is 19.1 Å². The van der Waals surface area contributed by atoms with Crippen molar-refractivity contribution < 1.29 is 29.2 Å². The molecule has 0 aromatic heterocycles. The van der Waals surface area contributed by atoms with Gasteiger partial charge in [-0.15, -0.1) is 5.01 Å². The molecule has 114 valence electrons. The summed E-state index contributed by atoms with van der Waals surface area (Å²) in [5.41, 5.74) is 0.334. The van der Waals surface area contributed by atoms with Gasteiger partial charge in [0.05, 0.1) is 17.1 Å². The molecule has 0 aliphatic rings. The van der Waals surface area contributed by atoms with Crippen LogP contribution in [0.1, 0.15) is 17.3 Å². The lowest BCUT2D eigenvalue weighted by atomic mass is 10.2. The van der Waals surface area contributed by atoms with E-state index in [1.807, 2.05) is 0 Å². The average molecular weight is 297 g/mol. The number of carbonyl (C=O) groups is 2. The average Bonchev–Trinajstić information content (AvgIpc) is 2.49. The smallest absolute Gasteiger partial charge is 0.341 e. The number of aliphatic carboxylic acids is 1. The highest BCUT2D eigenvalue weighted by molar-refractivity contribution is 5.89. The van der Waals surface area contributed by atoms with Crippen molar-refractivity contribution >= 4 is 11.9 Å². The zero-order chi connectivity index (χ0) is 15.7. The first kappa shape index (κ1) is 16.2. The van der Waals surface area contributed by atoms with Gasteiger partial charge in [0.15, 0.2) is 6.54 Å². The summed E-state index contributed by atoms with van der Waals surface area (Å²) in [5.74, 6) is -1.80. The predicted octanol–water partition coefficient (Wildman–Crippen LogP) is 1.02. The van der Waals surface area contributed by atoms with Gasteiger partial charge in [-0.2, -0.15) is 0 Å². The van der Waals surface area contributed by atoms with Crippen molar-refractivity contribution in [1.29, 1.82) is 0 Å². The molecule has 0 aliphatic carbocycles. The lowest BCUT2D eigenvalue weighted by molar-refractivity contribution is -0.709. The molecule has 1 N–H and O–H groups in total. The predicted molar refractivity (Wildman–Crippen MR) is 68.7 cm³/mol. The van der Waals surface area contributed by atoms with Crippen LogP contribution in [0.5, 0.6) is 0 Å². The van der Waals surface area contributed by atoms with E-state index in [2.05, 4.69) is 10.1 Å². The maximum absolute atomic E-state index is 11.5. The van der Waals surface area contributed by atoms with E-state index in [4.69, 9.17) is 9.84 Å². The molecule has 0 heterocycles. The molecular weight excluding hydrogens is 282 g/mol. The fraction of sp³-hybridized carbons (Fsp3) is 0.333. The number of benzene rings is 1. The number of carboxylic acids is 1. The normalized spacial score (nSPS) is 10.8. The van der Waals surface area contributed by atoms with E-state index < -0.39 is 25.3 Å². The van der Waals surface area contributed by atoms with Crippen LogP contribution in [0.2, 0.25) is 0 Å². The number of hydrazine groups is 1. The van der Waals surface area contributed by atoms with Crippen LogP contribution < -0.4 is 0 Å². The van der Waals surface area contributed by atoms with E-state index in [1.165, 1.54) is 0 Å². The maximum Gasteiger partial charge on any atom is 0.341 e. The summed E-state index contributed by atoms with van der Waals surface area (Å²) in [7, 11) is 0. The van der Waals surface area contributed by atoms with Gasteiger partial charge in [0.1, 0.15) is 0 Å². The SMILES string of the molecule is CCN(CC(=O)O)/[N+]([O-])=N/OCOC(=O)c1ccccc1. The molecule has 0 amide bonds. The second kappa shape index (κ2) is 8.35. The molecule has 1 aromatic rings. The lowest BCUT2D eigenvalue weighted by Gasteiger charge is -2.13. The highest BCUT2D eigenvalue weighted by Crippen LogP contribution is 2.01. The monoisotopic (exact) mass is 297 g/mol. The van der Waals surface area contributed by atoms with Crippen molar-refractivity contribution in [3.8, 4) is 0 Å². The van der Waals surface area contributed by atoms with E-state index in [0.29, 0.717) is 5.56 Å². The van der Waals surface area contributed by atoms with Crippen LogP contribution in [-0.2, 0) is 14.4 Å². The van der Waals surface area contributed by atoms with Crippen molar-refractivity contribution in [2.45, 2.75) is 6.92 Å². The number of carboxylic acid groups (broad SMARTS) is 1. The Morgan fingerprint density at radius 3 is 2.62 bits per heavy atom. The summed E-state index contributed by atoms with van der Waals surface area (Å²) in [6.07, 6.45) is 0. The Hall–Kier alpha value is -2.84. The molecule has 0 unspecified atom stereocenters. The summed E-state index contributed by atoms with van der Waals surface area (Å²) in [6.45, 7) is 0.638. The fourth-order valence-corrected chi connectivity index (χ4v) is 1.31. The minimum Gasteiger partial charge on any atom is -0.569 e. The van der Waals surface area contributed by atoms with Crippen molar-refractivity contribution in [3.63, 3.8) is 0 Å². The standard InChI is InChI=1S/C12H15N3O6/c1-2-14(8-11(16)17)15(19)13-21-9-20-12(18)10-6-4-3-5-7-10/h3-7H,2,8-9H2,1H3,(H,16,17)/b15-13-. The number of esters is 1. The van der Waals surface area contributed by atoms with Gasteiger partial charge in [0.25, 0.3) is 6.79 Å². The molecule has 1 rings (SSSR count). The third kappa shape index (κ3) is 5.76. The summed E-state index contributed by atoms with van der Waals surface area (Å²) in [4.78, 5) is 26.5. The Morgan fingerprint density at radius 1 is 1.38 bits per heavy atom. The van der Waals surface area contributed by atoms with E-state index in [0.717, 1.165) is 5.01 Å². The summed E-state index contributed by atoms with van der Waals surface area (Å²) in [5, 5.41) is 23.9. The topological polar surface area (TPSA) is 114 Å². The fourth-order valence-electron chi connectivity index (χ4n) is 1.31. The number of carbonyl (C=O) groups excluding carboxylic acids is 1. The number of ether oxygens (including phenoxy) is 1. The Morgan fingerprint density at radius 2 is 2.05 bits per heavy atom. The maximum atomic E-state index is 11.5. The molecule has 0 radical (unpaired) electrons. The summed E-state index contributed by atoms with van der Waals surface area (Å²) in [6, 6.07) is 8.22. The highest BCUT2D eigenvalue weighted by Gasteiger charge is 2.15. The van der Waals surface area contributed by atoms with Gasteiger partial charge in [0, 0.05) is 0 Å². The molecule has 0 saturated heterocycles. The van der Waals surface area contributed by atoms with E-state index in [9.17, 15) is 14.8 Å². The molecule has 21 heavy (non-hydrogen) atoms. The molecule has 0 aliphatic heterocycles. The van der Waals surface area contributed by atoms with Gasteiger partial charge in [0.2, 0.25) is 5.28 Å². The first-order chi connectivity index (χ1) is 10.0. The number of rotatable bonds is 8. The van der Waals surface area contributed by atoms with E-state index >= 15 is 0 Å². The Bertz CT molecular complexity index is 505. The molecule has 0 bridgehead atoms.